The van der Waals surface area contributed by atoms with E-state index in [-0.39, 0.29) is 125 Å². The quantitative estimate of drug-likeness (QED) is 0.0212. The fourth-order valence-electron chi connectivity index (χ4n) is 9.02. The largest absolute Gasteiger partial charge is 0.493 e. The van der Waals surface area contributed by atoms with Gasteiger partial charge in [-0.2, -0.15) is 0 Å². The van der Waals surface area contributed by atoms with Crippen molar-refractivity contribution >= 4 is 99.7 Å². The fourth-order valence-corrected chi connectivity index (χ4v) is 14.8. The van der Waals surface area contributed by atoms with Gasteiger partial charge in [0.1, 0.15) is 11.1 Å². The van der Waals surface area contributed by atoms with Crippen LogP contribution in [0.2, 0.25) is 0 Å². The Hall–Kier alpha value is -6.13. The number of nitro benzene ring substituents is 2. The Morgan fingerprint density at radius 1 is 0.658 bits per heavy atom. The van der Waals surface area contributed by atoms with Crippen molar-refractivity contribution in [2.75, 3.05) is 88.5 Å². The smallest absolute Gasteiger partial charge is 0.287 e. The lowest BCUT2D eigenvalue weighted by Crippen LogP contribution is -2.41. The highest BCUT2D eigenvalue weighted by atomic mass is 32.2. The van der Waals surface area contributed by atoms with Crippen LogP contribution in [0.4, 0.5) is 17.2 Å². The van der Waals surface area contributed by atoms with Gasteiger partial charge in [0.25, 0.3) is 29.1 Å². The molecule has 24 nitrogen and oxygen atoms in total. The molecule has 1 aromatic heterocycles. The molecule has 2 aliphatic rings. The highest BCUT2D eigenvalue weighted by Gasteiger charge is 2.40. The number of nitrogens with one attached hydrogen (secondary N) is 4. The van der Waals surface area contributed by atoms with E-state index in [0.717, 1.165) is 48.7 Å². The summed E-state index contributed by atoms with van der Waals surface area (Å²) in [6.45, 7) is 8.97. The molecule has 2 saturated heterocycles. The van der Waals surface area contributed by atoms with Gasteiger partial charge in [0.15, 0.2) is 28.8 Å². The van der Waals surface area contributed by atoms with E-state index < -0.39 is 57.3 Å². The van der Waals surface area contributed by atoms with E-state index in [1.54, 1.807) is 56.8 Å². The first kappa shape index (κ1) is 63.7. The minimum atomic E-state index is -0.693. The van der Waals surface area contributed by atoms with E-state index in [1.807, 2.05) is 0 Å². The summed E-state index contributed by atoms with van der Waals surface area (Å²) in [7, 11) is 4.28. The second-order valence-electron chi connectivity index (χ2n) is 17.9. The summed E-state index contributed by atoms with van der Waals surface area (Å²) in [6.07, 6.45) is 5.07. The normalized spacial score (nSPS) is 15.0. The first-order chi connectivity index (χ1) is 38.0. The number of carbonyl (C=O) groups is 6. The van der Waals surface area contributed by atoms with Gasteiger partial charge in [0, 0.05) is 64.4 Å². The minimum Gasteiger partial charge on any atom is -0.493 e. The van der Waals surface area contributed by atoms with E-state index >= 15 is 0 Å². The standard InChI is InChI=1S/C51H72N10O14S4/c1-8-76-50(77-9-2)34-16-12-22-58(34)48(66)32-26-38(72-6)40(28-36(32)60(68)69)74-24-14-18-43(62)52-20-21-53-45(64)30-54-47(65)46-56-42(31-57(46)5)55-44(63)19-15-25-75-41-29-37(61(70)71)33(27-39(41)73-7)49(67)59-23-13-17-35(59)51(78-10-3)79-11-4/h26-29,31,34-35,50-51H,8-25,30H2,1-7H3,(H,52,62)(H,53,64)(H,54,65)(H,55,63)/t34-,35-/m0/s1. The summed E-state index contributed by atoms with van der Waals surface area (Å²) in [5.74, 6) is 1.02. The first-order valence-corrected chi connectivity index (χ1v) is 30.4. The number of rotatable bonds is 33. The molecule has 2 fully saturated rings. The van der Waals surface area contributed by atoms with Gasteiger partial charge in [-0.25, -0.2) is 4.98 Å². The van der Waals surface area contributed by atoms with Gasteiger partial charge >= 0.3 is 0 Å². The number of hydrogen-bond donors (Lipinski definition) is 4. The van der Waals surface area contributed by atoms with E-state index in [4.69, 9.17) is 18.9 Å². The lowest BCUT2D eigenvalue weighted by atomic mass is 10.1. The second kappa shape index (κ2) is 32.2. The number of nitro groups is 2. The van der Waals surface area contributed by atoms with Crippen molar-refractivity contribution in [3.8, 4) is 23.0 Å². The Morgan fingerprint density at radius 2 is 1.10 bits per heavy atom. The van der Waals surface area contributed by atoms with Crippen molar-refractivity contribution in [2.45, 2.75) is 100 Å². The molecule has 28 heteroatoms. The number of benzene rings is 2. The van der Waals surface area contributed by atoms with Crippen LogP contribution in [0.3, 0.4) is 0 Å². The molecule has 4 N–H and O–H groups in total. The Balaban J connectivity index is 1.00. The molecule has 2 aliphatic heterocycles. The Morgan fingerprint density at radius 3 is 1.53 bits per heavy atom. The summed E-state index contributed by atoms with van der Waals surface area (Å²) in [4.78, 5) is 109. The highest BCUT2D eigenvalue weighted by Crippen LogP contribution is 2.41. The number of aromatic nitrogens is 2. The third-order valence-corrected chi connectivity index (χ3v) is 18.2. The van der Waals surface area contributed by atoms with Gasteiger partial charge in [0.2, 0.25) is 23.5 Å². The van der Waals surface area contributed by atoms with Gasteiger partial charge in [0.05, 0.1) is 77.2 Å². The van der Waals surface area contributed by atoms with E-state index in [9.17, 15) is 49.0 Å². The fraction of sp³-hybridized carbons (Fsp3) is 0.588. The van der Waals surface area contributed by atoms with Crippen molar-refractivity contribution in [2.24, 2.45) is 7.05 Å². The van der Waals surface area contributed by atoms with Crippen LogP contribution in [0, 0.1) is 20.2 Å². The van der Waals surface area contributed by atoms with Gasteiger partial charge in [-0.3, -0.25) is 49.0 Å². The number of anilines is 1. The van der Waals surface area contributed by atoms with E-state index in [2.05, 4.69) is 53.9 Å². The van der Waals surface area contributed by atoms with Crippen LogP contribution in [0.15, 0.2) is 30.5 Å². The Kier molecular flexibility index (Phi) is 26.0. The molecule has 0 bridgehead atoms. The maximum Gasteiger partial charge on any atom is 0.287 e. The van der Waals surface area contributed by atoms with Crippen LogP contribution in [0.1, 0.15) is 110 Å². The third-order valence-electron chi connectivity index (χ3n) is 12.6. The molecule has 5 rings (SSSR count). The van der Waals surface area contributed by atoms with Crippen molar-refractivity contribution in [1.82, 2.24) is 35.3 Å². The summed E-state index contributed by atoms with van der Waals surface area (Å²) in [5, 5.41) is 34.8. The molecule has 2 aromatic carbocycles. The third kappa shape index (κ3) is 17.9. The molecule has 3 heterocycles. The topological polar surface area (TPSA) is 298 Å². The number of nitrogens with zero attached hydrogens (tertiary/aromatic N) is 6. The first-order valence-electron chi connectivity index (χ1n) is 26.2. The Bertz CT molecular complexity index is 2620. The number of carbonyl (C=O) groups excluding carboxylic acids is 6. The van der Waals surface area contributed by atoms with Crippen molar-refractivity contribution in [1.29, 1.82) is 0 Å². The molecule has 434 valence electrons. The van der Waals surface area contributed by atoms with E-state index in [1.165, 1.54) is 56.3 Å². The summed E-state index contributed by atoms with van der Waals surface area (Å²) < 4.78 is 24.3. The maximum atomic E-state index is 13.9. The van der Waals surface area contributed by atoms with Crippen LogP contribution < -0.4 is 40.2 Å². The van der Waals surface area contributed by atoms with E-state index in [0.29, 0.717) is 13.1 Å². The molecular formula is C51H72N10O14S4. The van der Waals surface area contributed by atoms with Crippen LogP contribution >= 0.6 is 47.0 Å². The van der Waals surface area contributed by atoms with Gasteiger partial charge in [-0.1, -0.05) is 27.7 Å². The average molecular weight is 1180 g/mol. The molecule has 0 aliphatic carbocycles. The molecule has 2 atom stereocenters. The number of imidazole rings is 1. The van der Waals surface area contributed by atoms with Crippen LogP contribution in [-0.4, -0.2) is 169 Å². The number of likely N-dealkylation sites (tertiary alicyclic amines) is 2. The molecular weight excluding hydrogens is 1100 g/mol. The zero-order valence-corrected chi connectivity index (χ0v) is 48.9. The lowest BCUT2D eigenvalue weighted by molar-refractivity contribution is -0.385. The molecule has 0 radical (unpaired) electrons. The van der Waals surface area contributed by atoms with Gasteiger partial charge in [-0.05, 0) is 61.5 Å². The van der Waals surface area contributed by atoms with Crippen LogP contribution in [0.5, 0.6) is 23.0 Å². The predicted molar refractivity (Wildman–Crippen MR) is 307 cm³/mol. The number of thioether (sulfide) groups is 4. The molecule has 0 spiro atoms. The monoisotopic (exact) mass is 1180 g/mol. The van der Waals surface area contributed by atoms with Gasteiger partial charge < -0.3 is 54.6 Å². The SMILES string of the molecule is CCSC(SCC)[C@@H]1CCCN1C(=O)c1cc(OC)c(OCCCC(=O)NCCNC(=O)CNC(=O)c2nc(NC(=O)CCCOc3cc([N+](=O)[O-])c(C(=O)N4CCC[C@H]4C(SCC)SCC)cc3OC)cn2C)cc1[N+](=O)[O-]. The lowest BCUT2D eigenvalue weighted by Gasteiger charge is -2.31. The highest BCUT2D eigenvalue weighted by molar-refractivity contribution is 8.17. The molecule has 0 saturated carbocycles. The molecule has 0 unspecified atom stereocenters. The zero-order chi connectivity index (χ0) is 57.6. The van der Waals surface area contributed by atoms with Crippen molar-refractivity contribution < 1.29 is 57.6 Å². The summed E-state index contributed by atoms with van der Waals surface area (Å²) >= 11 is 7.07. The number of aryl methyl sites for hydroxylation is 1. The molecule has 3 aromatic rings. The number of methoxy groups -OCH3 is 2. The van der Waals surface area contributed by atoms with Crippen LogP contribution in [0.25, 0.3) is 0 Å². The maximum absolute atomic E-state index is 13.9. The van der Waals surface area contributed by atoms with Crippen LogP contribution in [-0.2, 0) is 21.4 Å². The predicted octanol–water partition coefficient (Wildman–Crippen LogP) is 6.75. The second-order valence-corrected chi connectivity index (χ2v) is 24.2. The minimum absolute atomic E-state index is 0.00981. The number of ether oxygens (including phenoxy) is 4. The van der Waals surface area contributed by atoms with Gasteiger partial charge in [-0.15, -0.1) is 47.0 Å². The summed E-state index contributed by atoms with van der Waals surface area (Å²) in [5.41, 5.74) is -0.980. The molecule has 6 amide bonds. The molecule has 79 heavy (non-hydrogen) atoms. The average Bonchev–Trinajstić information content (AvgIpc) is 4.24. The van der Waals surface area contributed by atoms with Crippen molar-refractivity contribution in [3.05, 3.63) is 67.6 Å². The number of amides is 6. The van der Waals surface area contributed by atoms with Crippen molar-refractivity contribution in [3.63, 3.8) is 0 Å². The zero-order valence-electron chi connectivity index (χ0n) is 45.7. The Labute approximate surface area is 476 Å². The number of hydrogen-bond acceptors (Lipinski definition) is 19. The summed E-state index contributed by atoms with van der Waals surface area (Å²) in [6, 6.07) is 4.91.